The topological polar surface area (TPSA) is 57.5 Å². The van der Waals surface area contributed by atoms with E-state index in [1.54, 1.807) is 0 Å². The van der Waals surface area contributed by atoms with Crippen molar-refractivity contribution in [2.24, 2.45) is 0 Å². The van der Waals surface area contributed by atoms with Gasteiger partial charge in [-0.05, 0) is 12.8 Å². The van der Waals surface area contributed by atoms with Crippen molar-refractivity contribution in [3.05, 3.63) is 0 Å². The number of aliphatic carboxylic acids is 1. The maximum atomic E-state index is 10.3. The van der Waals surface area contributed by atoms with Gasteiger partial charge >= 0.3 is 5.97 Å². The van der Waals surface area contributed by atoms with Crippen LogP contribution in [0.1, 0.15) is 110 Å². The van der Waals surface area contributed by atoms with Crippen LogP contribution in [0, 0.1) is 0 Å². The highest BCUT2D eigenvalue weighted by Crippen LogP contribution is 2.12. The quantitative estimate of drug-likeness (QED) is 0.261. The van der Waals surface area contributed by atoms with Gasteiger partial charge in [-0.3, -0.25) is 4.79 Å². The third-order valence-corrected chi connectivity index (χ3v) is 4.14. The molecule has 1 unspecified atom stereocenters. The minimum atomic E-state index is -0.655. The Kier molecular flexibility index (Phi) is 23.6. The number of halogens is 1. The number of carboxylic acids is 1. The SMILES string of the molecule is CCC(O)Cl.CCCCCCCCCCCCCCCC(=O)O. The maximum Gasteiger partial charge on any atom is 0.303 e. The zero-order valence-corrected chi connectivity index (χ0v) is 16.1. The molecule has 0 spiro atoms. The molecule has 0 bridgehead atoms. The lowest BCUT2D eigenvalue weighted by atomic mass is 10.0. The van der Waals surface area contributed by atoms with Crippen LogP contribution in [0.4, 0.5) is 0 Å². The molecule has 0 fully saturated rings. The smallest absolute Gasteiger partial charge is 0.303 e. The summed E-state index contributed by atoms with van der Waals surface area (Å²) < 4.78 is 0. The van der Waals surface area contributed by atoms with E-state index in [4.69, 9.17) is 21.8 Å². The average Bonchev–Trinajstić information content (AvgIpc) is 2.52. The molecule has 0 aliphatic heterocycles. The Balaban J connectivity index is 0. The van der Waals surface area contributed by atoms with Crippen molar-refractivity contribution < 1.29 is 15.0 Å². The number of hydrogen-bond acceptors (Lipinski definition) is 2. The van der Waals surface area contributed by atoms with Crippen LogP contribution in [0.25, 0.3) is 0 Å². The second-order valence-electron chi connectivity index (χ2n) is 6.23. The summed E-state index contributed by atoms with van der Waals surface area (Å²) in [7, 11) is 0. The van der Waals surface area contributed by atoms with Gasteiger partial charge in [-0.2, -0.15) is 0 Å². The molecule has 3 nitrogen and oxygen atoms in total. The molecule has 140 valence electrons. The minimum Gasteiger partial charge on any atom is -0.481 e. The molecule has 2 N–H and O–H groups in total. The van der Waals surface area contributed by atoms with Gasteiger partial charge in [0.1, 0.15) is 5.56 Å². The number of carbonyl (C=O) groups is 1. The van der Waals surface area contributed by atoms with Crippen LogP contribution >= 0.6 is 11.6 Å². The highest BCUT2D eigenvalue weighted by Gasteiger charge is 1.96. The number of aliphatic hydroxyl groups excluding tert-OH is 1. The second kappa shape index (κ2) is 21.7. The van der Waals surface area contributed by atoms with E-state index in [0.29, 0.717) is 12.8 Å². The number of rotatable bonds is 15. The summed E-state index contributed by atoms with van der Waals surface area (Å²) in [5.74, 6) is -0.655. The fraction of sp³-hybridized carbons (Fsp3) is 0.947. The fourth-order valence-electron chi connectivity index (χ4n) is 2.29. The predicted molar refractivity (Wildman–Crippen MR) is 100 cm³/mol. The van der Waals surface area contributed by atoms with E-state index in [1.165, 1.54) is 70.6 Å². The van der Waals surface area contributed by atoms with Crippen molar-refractivity contribution in [3.63, 3.8) is 0 Å². The van der Waals surface area contributed by atoms with Gasteiger partial charge in [-0.25, -0.2) is 0 Å². The molecule has 0 aliphatic rings. The lowest BCUT2D eigenvalue weighted by molar-refractivity contribution is -0.137. The van der Waals surface area contributed by atoms with Crippen LogP contribution in [-0.4, -0.2) is 21.7 Å². The van der Waals surface area contributed by atoms with E-state index < -0.39 is 11.5 Å². The minimum absolute atomic E-state index is 0.345. The predicted octanol–water partition coefficient (Wildman–Crippen LogP) is 6.51. The van der Waals surface area contributed by atoms with Gasteiger partial charge in [0.25, 0.3) is 0 Å². The molecule has 0 rings (SSSR count). The third-order valence-electron chi connectivity index (χ3n) is 3.83. The van der Waals surface area contributed by atoms with Crippen LogP contribution in [-0.2, 0) is 4.79 Å². The van der Waals surface area contributed by atoms with E-state index in [2.05, 4.69) is 6.92 Å². The highest BCUT2D eigenvalue weighted by atomic mass is 35.5. The molecule has 1 atom stereocenters. The number of unbranched alkanes of at least 4 members (excludes halogenated alkanes) is 12. The van der Waals surface area contributed by atoms with Crippen molar-refractivity contribution in [2.45, 2.75) is 116 Å². The van der Waals surface area contributed by atoms with Gasteiger partial charge in [0, 0.05) is 6.42 Å². The van der Waals surface area contributed by atoms with Crippen LogP contribution in [0.2, 0.25) is 0 Å². The summed E-state index contributed by atoms with van der Waals surface area (Å²) in [5, 5.41) is 16.6. The molecule has 4 heteroatoms. The summed E-state index contributed by atoms with van der Waals surface area (Å²) in [6.07, 6.45) is 17.9. The molecule has 0 aromatic heterocycles. The van der Waals surface area contributed by atoms with E-state index >= 15 is 0 Å². The Labute approximate surface area is 148 Å². The number of hydrogen-bond donors (Lipinski definition) is 2. The van der Waals surface area contributed by atoms with Crippen molar-refractivity contribution in [3.8, 4) is 0 Å². The van der Waals surface area contributed by atoms with Gasteiger partial charge in [-0.1, -0.05) is 102 Å². The van der Waals surface area contributed by atoms with Crippen LogP contribution in [0.5, 0.6) is 0 Å². The third kappa shape index (κ3) is 30.2. The summed E-state index contributed by atoms with van der Waals surface area (Å²) >= 11 is 5.02. The lowest BCUT2D eigenvalue weighted by Crippen LogP contribution is -1.93. The number of alkyl halides is 1. The summed E-state index contributed by atoms with van der Waals surface area (Å²) in [6.45, 7) is 4.08. The Morgan fingerprint density at radius 2 is 1.09 bits per heavy atom. The Morgan fingerprint density at radius 1 is 0.783 bits per heavy atom. The first-order valence-electron chi connectivity index (χ1n) is 9.58. The number of aliphatic hydroxyl groups is 1. The summed E-state index contributed by atoms with van der Waals surface area (Å²) in [6, 6.07) is 0. The molecule has 0 radical (unpaired) electrons. The first-order valence-corrected chi connectivity index (χ1v) is 10.0. The van der Waals surface area contributed by atoms with Gasteiger partial charge in [0.15, 0.2) is 0 Å². The van der Waals surface area contributed by atoms with E-state index in [9.17, 15) is 4.79 Å². The standard InChI is InChI=1S/C16H32O2.C3H7ClO/c1-2-3-4-5-6-7-8-9-10-11-12-13-14-15-16(17)18;1-2-3(4)5/h2-15H2,1H3,(H,17,18);3,5H,2H2,1H3. The molecule has 0 aromatic carbocycles. The van der Waals surface area contributed by atoms with Crippen molar-refractivity contribution >= 4 is 17.6 Å². The first-order chi connectivity index (χ1) is 11.0. The number of carboxylic acid groups (broad SMARTS) is 1. The van der Waals surface area contributed by atoms with Crippen molar-refractivity contribution in [1.82, 2.24) is 0 Å². The molecular formula is C19H39ClO3. The maximum absolute atomic E-state index is 10.3. The lowest BCUT2D eigenvalue weighted by Gasteiger charge is -2.02. The fourth-order valence-corrected chi connectivity index (χ4v) is 2.29. The molecular weight excluding hydrogens is 312 g/mol. The summed E-state index contributed by atoms with van der Waals surface area (Å²) in [5.41, 5.74) is -0.644. The van der Waals surface area contributed by atoms with Crippen molar-refractivity contribution in [2.75, 3.05) is 0 Å². The van der Waals surface area contributed by atoms with E-state index in [0.717, 1.165) is 12.8 Å². The van der Waals surface area contributed by atoms with Gasteiger partial charge in [-0.15, -0.1) is 0 Å². The van der Waals surface area contributed by atoms with Gasteiger partial charge in [0.2, 0.25) is 0 Å². The summed E-state index contributed by atoms with van der Waals surface area (Å²) in [4.78, 5) is 10.3. The molecule has 0 amide bonds. The zero-order chi connectivity index (χ0) is 17.8. The zero-order valence-electron chi connectivity index (χ0n) is 15.4. The molecule has 0 heterocycles. The van der Waals surface area contributed by atoms with Gasteiger partial charge < -0.3 is 10.2 Å². The van der Waals surface area contributed by atoms with E-state index in [1.807, 2.05) is 6.92 Å². The first kappa shape index (κ1) is 25.0. The van der Waals surface area contributed by atoms with Crippen LogP contribution in [0.15, 0.2) is 0 Å². The largest absolute Gasteiger partial charge is 0.481 e. The molecule has 23 heavy (non-hydrogen) atoms. The Morgan fingerprint density at radius 3 is 1.35 bits per heavy atom. The van der Waals surface area contributed by atoms with Crippen LogP contribution in [0.3, 0.4) is 0 Å². The van der Waals surface area contributed by atoms with Crippen LogP contribution < -0.4 is 0 Å². The Hall–Kier alpha value is -0.280. The normalized spacial score (nSPS) is 11.7. The highest BCUT2D eigenvalue weighted by molar-refractivity contribution is 6.19. The Bertz CT molecular complexity index is 233. The molecule has 0 aromatic rings. The molecule has 0 aliphatic carbocycles. The van der Waals surface area contributed by atoms with Crippen molar-refractivity contribution in [1.29, 1.82) is 0 Å². The molecule has 0 saturated carbocycles. The van der Waals surface area contributed by atoms with E-state index in [-0.39, 0.29) is 0 Å². The van der Waals surface area contributed by atoms with Gasteiger partial charge in [0.05, 0.1) is 0 Å². The molecule has 0 saturated heterocycles. The monoisotopic (exact) mass is 350 g/mol. The average molecular weight is 351 g/mol. The second-order valence-corrected chi connectivity index (χ2v) is 6.73.